The average molecular weight is 209 g/mol. The Morgan fingerprint density at radius 1 is 1.13 bits per heavy atom. The molecule has 86 valence electrons. The summed E-state index contributed by atoms with van der Waals surface area (Å²) >= 11 is 0. The molecule has 1 aliphatic heterocycles. The van der Waals surface area contributed by atoms with Gasteiger partial charge >= 0.3 is 0 Å². The minimum atomic E-state index is 0.0506. The highest BCUT2D eigenvalue weighted by Gasteiger charge is 2.49. The lowest BCUT2D eigenvalue weighted by Gasteiger charge is -2.41. The summed E-state index contributed by atoms with van der Waals surface area (Å²) in [4.78, 5) is 0. The monoisotopic (exact) mass is 209 g/mol. The first-order valence-electron chi connectivity index (χ1n) is 6.52. The van der Waals surface area contributed by atoms with Gasteiger partial charge in [0.15, 0.2) is 0 Å². The zero-order valence-corrected chi connectivity index (χ0v) is 10.0. The highest BCUT2D eigenvalue weighted by atomic mass is 16.5. The van der Waals surface area contributed by atoms with Crippen LogP contribution in [-0.2, 0) is 4.74 Å². The van der Waals surface area contributed by atoms with Crippen molar-refractivity contribution < 1.29 is 4.74 Å². The van der Waals surface area contributed by atoms with Crippen LogP contribution in [0.25, 0.3) is 0 Å². The fourth-order valence-corrected chi connectivity index (χ4v) is 3.37. The van der Waals surface area contributed by atoms with Crippen molar-refractivity contribution in [2.24, 2.45) is 11.3 Å². The van der Waals surface area contributed by atoms with Crippen LogP contribution in [0.15, 0.2) is 0 Å². The first-order chi connectivity index (χ1) is 7.09. The van der Waals surface area contributed by atoms with E-state index >= 15 is 0 Å². The fourth-order valence-electron chi connectivity index (χ4n) is 3.37. The van der Waals surface area contributed by atoms with Crippen molar-refractivity contribution in [2.75, 3.05) is 6.54 Å². The van der Waals surface area contributed by atoms with E-state index < -0.39 is 0 Å². The molecule has 1 saturated heterocycles. The van der Waals surface area contributed by atoms with Gasteiger partial charge in [-0.2, -0.15) is 0 Å². The zero-order chi connectivity index (χ0) is 10.5. The lowest BCUT2D eigenvalue weighted by molar-refractivity contribution is -0.149. The number of ether oxygens (including phenoxy) is 1. The van der Waals surface area contributed by atoms with Gasteiger partial charge in [0.05, 0.1) is 6.10 Å². The summed E-state index contributed by atoms with van der Waals surface area (Å²) < 4.78 is 6.38. The third kappa shape index (κ3) is 1.94. The summed E-state index contributed by atoms with van der Waals surface area (Å²) in [6, 6.07) is 0. The maximum Gasteiger partial charge on any atom is 0.120 e. The molecule has 0 aromatic heterocycles. The van der Waals surface area contributed by atoms with E-state index in [1.807, 2.05) is 0 Å². The topological polar surface area (TPSA) is 21.3 Å². The Morgan fingerprint density at radius 3 is 2.53 bits per heavy atom. The van der Waals surface area contributed by atoms with Crippen molar-refractivity contribution in [1.82, 2.24) is 5.32 Å². The predicted octanol–water partition coefficient (Wildman–Crippen LogP) is 2.68. The van der Waals surface area contributed by atoms with Gasteiger partial charge in [-0.3, -0.25) is 5.32 Å². The van der Waals surface area contributed by atoms with E-state index in [2.05, 4.69) is 19.2 Å². The van der Waals surface area contributed by atoms with Crippen molar-refractivity contribution in [2.45, 2.75) is 64.2 Å². The Kier molecular flexibility index (Phi) is 2.16. The molecule has 0 amide bonds. The Hall–Kier alpha value is -0.0800. The molecule has 3 fully saturated rings. The summed E-state index contributed by atoms with van der Waals surface area (Å²) in [5.74, 6) is 0.896. The Labute approximate surface area is 92.8 Å². The van der Waals surface area contributed by atoms with Crippen molar-refractivity contribution >= 4 is 0 Å². The van der Waals surface area contributed by atoms with Crippen molar-refractivity contribution in [3.63, 3.8) is 0 Å². The molecule has 1 spiro atoms. The Morgan fingerprint density at radius 2 is 1.93 bits per heavy atom. The van der Waals surface area contributed by atoms with Crippen LogP contribution in [0.5, 0.6) is 0 Å². The first kappa shape index (κ1) is 10.1. The van der Waals surface area contributed by atoms with Crippen LogP contribution < -0.4 is 5.32 Å². The minimum absolute atomic E-state index is 0.0506. The molecule has 1 N–H and O–H groups in total. The van der Waals surface area contributed by atoms with Gasteiger partial charge in [0.1, 0.15) is 5.72 Å². The van der Waals surface area contributed by atoms with Gasteiger partial charge in [-0.25, -0.2) is 0 Å². The Balaban J connectivity index is 1.70. The van der Waals surface area contributed by atoms with E-state index in [0.29, 0.717) is 11.5 Å². The Bertz CT molecular complexity index is 259. The standard InChI is InChI=1S/C13H23NO/c1-12(2)6-7-13(9-12)14-8-5-11(15-13)10-3-4-10/h10-11,14H,3-9H2,1-2H3. The van der Waals surface area contributed by atoms with Gasteiger partial charge in [-0.1, -0.05) is 13.8 Å². The van der Waals surface area contributed by atoms with E-state index in [1.165, 1.54) is 38.5 Å². The number of nitrogens with one attached hydrogen (secondary N) is 1. The van der Waals surface area contributed by atoms with Gasteiger partial charge in [-0.15, -0.1) is 0 Å². The number of rotatable bonds is 1. The SMILES string of the molecule is CC1(C)CCC2(C1)NCCC(C1CC1)O2. The lowest BCUT2D eigenvalue weighted by Crippen LogP contribution is -2.54. The average Bonchev–Trinajstić information content (AvgIpc) is 2.95. The second-order valence-electron chi connectivity index (χ2n) is 6.54. The third-order valence-corrected chi connectivity index (χ3v) is 4.37. The summed E-state index contributed by atoms with van der Waals surface area (Å²) in [5, 5.41) is 3.64. The van der Waals surface area contributed by atoms with Crippen LogP contribution in [0.2, 0.25) is 0 Å². The van der Waals surface area contributed by atoms with Crippen molar-refractivity contribution in [1.29, 1.82) is 0 Å². The molecule has 0 aromatic rings. The van der Waals surface area contributed by atoms with Crippen molar-refractivity contribution in [3.05, 3.63) is 0 Å². The van der Waals surface area contributed by atoms with Gasteiger partial charge in [0.25, 0.3) is 0 Å². The van der Waals surface area contributed by atoms with Crippen molar-refractivity contribution in [3.8, 4) is 0 Å². The molecule has 3 aliphatic rings. The normalized spacial score (nSPS) is 44.8. The first-order valence-corrected chi connectivity index (χ1v) is 6.52. The van der Waals surface area contributed by atoms with E-state index in [9.17, 15) is 0 Å². The number of hydrogen-bond acceptors (Lipinski definition) is 2. The molecule has 0 radical (unpaired) electrons. The summed E-state index contributed by atoms with van der Waals surface area (Å²) in [5.41, 5.74) is 0.521. The molecule has 2 nitrogen and oxygen atoms in total. The highest BCUT2D eigenvalue weighted by Crippen LogP contribution is 2.48. The van der Waals surface area contributed by atoms with Crippen LogP contribution >= 0.6 is 0 Å². The molecule has 2 aliphatic carbocycles. The second kappa shape index (κ2) is 3.21. The van der Waals surface area contributed by atoms with Crippen LogP contribution in [0.4, 0.5) is 0 Å². The zero-order valence-electron chi connectivity index (χ0n) is 10.0. The van der Waals surface area contributed by atoms with E-state index in [-0.39, 0.29) is 5.72 Å². The molecule has 2 atom stereocenters. The summed E-state index contributed by atoms with van der Waals surface area (Å²) in [6.07, 6.45) is 8.32. The maximum atomic E-state index is 6.38. The van der Waals surface area contributed by atoms with Crippen LogP contribution in [0, 0.1) is 11.3 Å². The highest BCUT2D eigenvalue weighted by molar-refractivity contribution is 4.98. The van der Waals surface area contributed by atoms with Gasteiger partial charge < -0.3 is 4.74 Å². The molecule has 3 rings (SSSR count). The molecule has 0 aromatic carbocycles. The summed E-state index contributed by atoms with van der Waals surface area (Å²) in [7, 11) is 0. The minimum Gasteiger partial charge on any atom is -0.357 e. The summed E-state index contributed by atoms with van der Waals surface area (Å²) in [6.45, 7) is 5.90. The predicted molar refractivity (Wildman–Crippen MR) is 60.6 cm³/mol. The molecule has 1 heterocycles. The molecule has 0 bridgehead atoms. The van der Waals surface area contributed by atoms with Crippen LogP contribution in [-0.4, -0.2) is 18.4 Å². The molecular weight excluding hydrogens is 186 g/mol. The smallest absolute Gasteiger partial charge is 0.120 e. The molecule has 15 heavy (non-hydrogen) atoms. The fraction of sp³-hybridized carbons (Fsp3) is 1.00. The molecular formula is C13H23NO. The molecule has 2 saturated carbocycles. The molecule has 2 unspecified atom stereocenters. The third-order valence-electron chi connectivity index (χ3n) is 4.37. The van der Waals surface area contributed by atoms with Gasteiger partial charge in [0, 0.05) is 6.54 Å². The number of hydrogen-bond donors (Lipinski definition) is 1. The quantitative estimate of drug-likeness (QED) is 0.717. The lowest BCUT2D eigenvalue weighted by atomic mass is 9.90. The van der Waals surface area contributed by atoms with E-state index in [1.54, 1.807) is 0 Å². The van der Waals surface area contributed by atoms with E-state index in [0.717, 1.165) is 12.5 Å². The van der Waals surface area contributed by atoms with Gasteiger partial charge in [0.2, 0.25) is 0 Å². The molecule has 2 heteroatoms. The largest absolute Gasteiger partial charge is 0.357 e. The van der Waals surface area contributed by atoms with Gasteiger partial charge in [-0.05, 0) is 49.9 Å². The van der Waals surface area contributed by atoms with Crippen LogP contribution in [0.3, 0.4) is 0 Å². The second-order valence-corrected chi connectivity index (χ2v) is 6.54. The van der Waals surface area contributed by atoms with E-state index in [4.69, 9.17) is 4.74 Å². The maximum absolute atomic E-state index is 6.38. The van der Waals surface area contributed by atoms with Crippen LogP contribution in [0.1, 0.15) is 52.4 Å².